The van der Waals surface area contributed by atoms with E-state index in [9.17, 15) is 0 Å². The fourth-order valence-electron chi connectivity index (χ4n) is 1.33. The summed E-state index contributed by atoms with van der Waals surface area (Å²) in [6.45, 7) is 14.1. The lowest BCUT2D eigenvalue weighted by Gasteiger charge is -2.18. The van der Waals surface area contributed by atoms with Crippen molar-refractivity contribution in [2.45, 2.75) is 40.0 Å². The molecule has 0 aromatic rings. The van der Waals surface area contributed by atoms with Crippen molar-refractivity contribution in [1.29, 1.82) is 0 Å². The van der Waals surface area contributed by atoms with Crippen molar-refractivity contribution in [3.8, 4) is 0 Å². The van der Waals surface area contributed by atoms with Crippen LogP contribution in [0.5, 0.6) is 0 Å². The Morgan fingerprint density at radius 1 is 1.50 bits per heavy atom. The van der Waals surface area contributed by atoms with E-state index in [-0.39, 0.29) is 0 Å². The van der Waals surface area contributed by atoms with Crippen LogP contribution in [0.3, 0.4) is 0 Å². The highest BCUT2D eigenvalue weighted by molar-refractivity contribution is 8.03. The molecule has 0 fully saturated rings. The van der Waals surface area contributed by atoms with E-state index >= 15 is 0 Å². The summed E-state index contributed by atoms with van der Waals surface area (Å²) in [5.74, 6) is 1.24. The van der Waals surface area contributed by atoms with Gasteiger partial charge in [-0.25, -0.2) is 0 Å². The zero-order valence-electron chi connectivity index (χ0n) is 9.73. The maximum Gasteiger partial charge on any atom is 0.0130 e. The van der Waals surface area contributed by atoms with E-state index in [1.807, 2.05) is 31.7 Å². The van der Waals surface area contributed by atoms with Crippen molar-refractivity contribution in [2.24, 2.45) is 0 Å². The molecule has 1 aliphatic rings. The third-order valence-electron chi connectivity index (χ3n) is 2.12. The molecule has 1 heterocycles. The molecule has 0 spiro atoms. The summed E-state index contributed by atoms with van der Waals surface area (Å²) in [5.41, 5.74) is 2.67. The molecule has 0 nitrogen and oxygen atoms in total. The summed E-state index contributed by atoms with van der Waals surface area (Å²) in [6, 6.07) is 0. The Morgan fingerprint density at radius 3 is 2.64 bits per heavy atom. The Hall–Kier alpha value is -0.430. The van der Waals surface area contributed by atoms with Gasteiger partial charge in [-0.15, -0.1) is 11.8 Å². The van der Waals surface area contributed by atoms with E-state index in [1.165, 1.54) is 34.6 Å². The van der Waals surface area contributed by atoms with Gasteiger partial charge < -0.3 is 0 Å². The summed E-state index contributed by atoms with van der Waals surface area (Å²) in [4.78, 5) is 1.40. The average molecular weight is 210 g/mol. The number of hydrogen-bond acceptors (Lipinski definition) is 1. The second-order valence-corrected chi connectivity index (χ2v) is 4.07. The van der Waals surface area contributed by atoms with Crippen molar-refractivity contribution in [1.82, 2.24) is 0 Å². The van der Waals surface area contributed by atoms with E-state index in [4.69, 9.17) is 0 Å². The Bertz CT molecular complexity index is 223. The predicted octanol–water partition coefficient (Wildman–Crippen LogP) is 4.95. The predicted molar refractivity (Wildman–Crippen MR) is 69.7 cm³/mol. The second-order valence-electron chi connectivity index (χ2n) is 2.97. The highest BCUT2D eigenvalue weighted by Crippen LogP contribution is 2.35. The van der Waals surface area contributed by atoms with Crippen molar-refractivity contribution in [3.05, 3.63) is 35.3 Å². The SMILES string of the molecule is C=CC1=C(C(=C)CC)SCCC1.CC. The molecular weight excluding hydrogens is 188 g/mol. The molecule has 1 aliphatic heterocycles. The fraction of sp³-hybridized carbons (Fsp3) is 0.538. The van der Waals surface area contributed by atoms with Gasteiger partial charge in [0.15, 0.2) is 0 Å². The largest absolute Gasteiger partial charge is 0.126 e. The molecule has 0 amide bonds. The molecular formula is C13H22S. The summed E-state index contributed by atoms with van der Waals surface area (Å²) in [5, 5.41) is 0. The van der Waals surface area contributed by atoms with E-state index in [2.05, 4.69) is 20.1 Å². The lowest BCUT2D eigenvalue weighted by Crippen LogP contribution is -1.98. The molecule has 1 heteroatoms. The van der Waals surface area contributed by atoms with Gasteiger partial charge in [0.1, 0.15) is 0 Å². The van der Waals surface area contributed by atoms with Gasteiger partial charge >= 0.3 is 0 Å². The molecule has 0 aromatic carbocycles. The standard InChI is InChI=1S/C11H16S.C2H6/c1-4-9(3)11-10(5-2)7-6-8-12-11;1-2/h5H,2-4,6-8H2,1H3;1-2H3. The van der Waals surface area contributed by atoms with Crippen LogP contribution < -0.4 is 0 Å². The van der Waals surface area contributed by atoms with Crippen LogP contribution in [0.2, 0.25) is 0 Å². The molecule has 0 saturated heterocycles. The molecule has 0 atom stereocenters. The van der Waals surface area contributed by atoms with Gasteiger partial charge in [-0.3, -0.25) is 0 Å². The number of allylic oxidation sites excluding steroid dienone is 3. The Kier molecular flexibility index (Phi) is 7.68. The second kappa shape index (κ2) is 7.93. The molecule has 0 aliphatic carbocycles. The highest BCUT2D eigenvalue weighted by atomic mass is 32.2. The van der Waals surface area contributed by atoms with Crippen LogP contribution in [0.4, 0.5) is 0 Å². The molecule has 0 saturated carbocycles. The van der Waals surface area contributed by atoms with Crippen LogP contribution in [0, 0.1) is 0 Å². The summed E-state index contributed by atoms with van der Waals surface area (Å²) in [6.07, 6.45) is 5.51. The molecule has 0 unspecified atom stereocenters. The lowest BCUT2D eigenvalue weighted by atomic mass is 10.1. The minimum Gasteiger partial charge on any atom is -0.126 e. The van der Waals surface area contributed by atoms with Gasteiger partial charge in [-0.2, -0.15) is 0 Å². The van der Waals surface area contributed by atoms with Crippen LogP contribution >= 0.6 is 11.8 Å². The summed E-state index contributed by atoms with van der Waals surface area (Å²) >= 11 is 1.94. The van der Waals surface area contributed by atoms with Gasteiger partial charge in [-0.1, -0.05) is 40.0 Å². The van der Waals surface area contributed by atoms with Gasteiger partial charge in [0.25, 0.3) is 0 Å². The Balaban J connectivity index is 0.000000791. The van der Waals surface area contributed by atoms with Crippen molar-refractivity contribution in [3.63, 3.8) is 0 Å². The summed E-state index contributed by atoms with van der Waals surface area (Å²) in [7, 11) is 0. The first-order valence-electron chi connectivity index (χ1n) is 5.46. The Morgan fingerprint density at radius 2 is 2.14 bits per heavy atom. The monoisotopic (exact) mass is 210 g/mol. The fourth-order valence-corrected chi connectivity index (χ4v) is 2.54. The minimum absolute atomic E-state index is 1.06. The molecule has 0 radical (unpaired) electrons. The lowest BCUT2D eigenvalue weighted by molar-refractivity contribution is 0.919. The van der Waals surface area contributed by atoms with Crippen LogP contribution in [-0.2, 0) is 0 Å². The van der Waals surface area contributed by atoms with Gasteiger partial charge in [-0.05, 0) is 36.2 Å². The first-order valence-corrected chi connectivity index (χ1v) is 6.44. The summed E-state index contributed by atoms with van der Waals surface area (Å²) < 4.78 is 0. The normalized spacial score (nSPS) is 15.6. The van der Waals surface area contributed by atoms with E-state index in [1.54, 1.807) is 0 Å². The van der Waals surface area contributed by atoms with Crippen LogP contribution in [0.1, 0.15) is 40.0 Å². The highest BCUT2D eigenvalue weighted by Gasteiger charge is 2.12. The first kappa shape index (κ1) is 13.6. The van der Waals surface area contributed by atoms with Crippen LogP contribution in [0.15, 0.2) is 35.3 Å². The molecule has 0 bridgehead atoms. The zero-order chi connectivity index (χ0) is 11.0. The van der Waals surface area contributed by atoms with E-state index in [0.717, 1.165) is 6.42 Å². The molecule has 80 valence electrons. The minimum atomic E-state index is 1.06. The molecule has 1 rings (SSSR count). The van der Waals surface area contributed by atoms with E-state index < -0.39 is 0 Å². The van der Waals surface area contributed by atoms with Gasteiger partial charge in [0.05, 0.1) is 0 Å². The number of thioether (sulfide) groups is 1. The molecule has 0 aromatic heterocycles. The quantitative estimate of drug-likeness (QED) is 0.635. The van der Waals surface area contributed by atoms with Crippen LogP contribution in [0.25, 0.3) is 0 Å². The van der Waals surface area contributed by atoms with Crippen molar-refractivity contribution < 1.29 is 0 Å². The smallest absolute Gasteiger partial charge is 0.0130 e. The molecule has 0 N–H and O–H groups in total. The van der Waals surface area contributed by atoms with E-state index in [0.29, 0.717) is 0 Å². The van der Waals surface area contributed by atoms with Gasteiger partial charge in [0, 0.05) is 4.91 Å². The van der Waals surface area contributed by atoms with Crippen molar-refractivity contribution in [2.75, 3.05) is 5.75 Å². The maximum absolute atomic E-state index is 4.07. The third-order valence-corrected chi connectivity index (χ3v) is 3.46. The molecule has 14 heavy (non-hydrogen) atoms. The zero-order valence-corrected chi connectivity index (χ0v) is 10.5. The topological polar surface area (TPSA) is 0 Å². The van der Waals surface area contributed by atoms with Crippen molar-refractivity contribution >= 4 is 11.8 Å². The Labute approximate surface area is 93.2 Å². The third kappa shape index (κ3) is 3.75. The van der Waals surface area contributed by atoms with Crippen LogP contribution in [-0.4, -0.2) is 5.75 Å². The van der Waals surface area contributed by atoms with Gasteiger partial charge in [0.2, 0.25) is 0 Å². The number of rotatable bonds is 3. The number of hydrogen-bond donors (Lipinski definition) is 0. The average Bonchev–Trinajstić information content (AvgIpc) is 2.30. The maximum atomic E-state index is 4.07. The first-order chi connectivity index (χ1) is 6.79.